The summed E-state index contributed by atoms with van der Waals surface area (Å²) < 4.78 is 47.4. The fourth-order valence-electron chi connectivity index (χ4n) is 0. The van der Waals surface area contributed by atoms with Crippen LogP contribution in [0.3, 0.4) is 0 Å². The molecule has 0 saturated heterocycles. The number of rotatable bonds is 0. The zero-order valence-corrected chi connectivity index (χ0v) is 7.50. The van der Waals surface area contributed by atoms with E-state index in [1.165, 1.54) is 0 Å². The number of hydrogen-bond donors (Lipinski definition) is 5. The van der Waals surface area contributed by atoms with Crippen molar-refractivity contribution in [1.82, 2.24) is 0 Å². The fourth-order valence-corrected chi connectivity index (χ4v) is 0. The van der Waals surface area contributed by atoms with E-state index in [9.17, 15) is 0 Å². The Morgan fingerprint density at radius 1 is 1.00 bits per heavy atom. The Morgan fingerprint density at radius 3 is 1.00 bits per heavy atom. The van der Waals surface area contributed by atoms with Crippen LogP contribution in [0, 0.1) is 0 Å². The van der Waals surface area contributed by atoms with Crippen LogP contribution >= 0.6 is 11.7 Å². The summed E-state index contributed by atoms with van der Waals surface area (Å²) in [6, 6.07) is 0. The predicted molar refractivity (Wildman–Crippen MR) is 54.4 cm³/mol. The molecule has 0 fully saturated rings. The van der Waals surface area contributed by atoms with Crippen molar-refractivity contribution in [2.75, 3.05) is 0 Å². The van der Waals surface area contributed by atoms with Crippen LogP contribution in [0.4, 0.5) is 0 Å². The molecule has 12 heavy (non-hydrogen) atoms. The van der Waals surface area contributed by atoms with Gasteiger partial charge in [-0.3, -0.25) is 4.55 Å². The molecule has 0 aromatic rings. The second kappa shape index (κ2) is 17.1. The Labute approximate surface area is 147 Å². The Hall–Kier alpha value is 3.70. The zero-order valence-electron chi connectivity index (χ0n) is 3.91. The third kappa shape index (κ3) is 161. The SMILES string of the molecule is O=S(=O)(O)S.O[As](O)O.[NaH].[NaH].[NaH]. The van der Waals surface area contributed by atoms with Crippen LogP contribution in [0.15, 0.2) is 0 Å². The molecule has 4 N–H and O–H groups in total. The van der Waals surface area contributed by atoms with Gasteiger partial charge in [0.05, 0.1) is 0 Å². The van der Waals surface area contributed by atoms with Crippen LogP contribution in [0.25, 0.3) is 0 Å². The van der Waals surface area contributed by atoms with E-state index in [1.54, 1.807) is 0 Å². The molecule has 12 heteroatoms. The Kier molecular flexibility index (Phi) is 42.2. The van der Waals surface area contributed by atoms with Crippen LogP contribution in [0.1, 0.15) is 0 Å². The van der Waals surface area contributed by atoms with Crippen molar-refractivity contribution >= 4 is 125 Å². The topological polar surface area (TPSA) is 115 Å². The van der Waals surface area contributed by atoms with Gasteiger partial charge >= 0.3 is 126 Å². The summed E-state index contributed by atoms with van der Waals surface area (Å²) in [5.41, 5.74) is 0. The molecule has 0 amide bonds. The van der Waals surface area contributed by atoms with Gasteiger partial charge in [-0.15, -0.1) is 0 Å². The van der Waals surface area contributed by atoms with Gasteiger partial charge in [0.25, 0.3) is 0 Å². The van der Waals surface area contributed by atoms with Gasteiger partial charge in [0.2, 0.25) is 0 Å². The first-order valence-electron chi connectivity index (χ1n) is 1.30. The maximum atomic E-state index is 9.05. The van der Waals surface area contributed by atoms with Crippen molar-refractivity contribution in [3.8, 4) is 0 Å². The van der Waals surface area contributed by atoms with Gasteiger partial charge in [-0.25, -0.2) is 0 Å². The van der Waals surface area contributed by atoms with E-state index in [0.717, 1.165) is 0 Å². The van der Waals surface area contributed by atoms with Crippen LogP contribution < -0.4 is 0 Å². The molecule has 0 unspecified atom stereocenters. The second-order valence-corrected chi connectivity index (χ2v) is 4.12. The standard InChI is InChI=1S/AsH3O3.3Na.H2O3S2.3H/c2-1(3)4;;;;1-5(2,3)4;;;/h2-4H;;;;(H2,1,2,3,4);;;. The molecule has 0 aromatic heterocycles. The van der Waals surface area contributed by atoms with Gasteiger partial charge in [0.1, 0.15) is 0 Å². The van der Waals surface area contributed by atoms with Gasteiger partial charge in [-0.2, -0.15) is 8.42 Å². The average Bonchev–Trinajstić information content (AvgIpc) is 1.19. The Balaban J connectivity index is -0.0000000221. The minimum atomic E-state index is -3.97. The minimum absolute atomic E-state index is 0. The summed E-state index contributed by atoms with van der Waals surface area (Å²) in [5, 5.41) is 0. The van der Waals surface area contributed by atoms with Gasteiger partial charge in [0.15, 0.2) is 0 Å². The van der Waals surface area contributed by atoms with Crippen molar-refractivity contribution in [3.63, 3.8) is 0 Å². The van der Waals surface area contributed by atoms with Crippen LogP contribution in [0.2, 0.25) is 0 Å². The molecule has 0 bridgehead atoms. The maximum absolute atomic E-state index is 9.05. The molecule has 0 atom stereocenters. The molecule has 0 aliphatic rings. The molecule has 0 radical (unpaired) electrons. The van der Waals surface area contributed by atoms with E-state index in [2.05, 4.69) is 11.7 Å². The number of hydrogen-bond acceptors (Lipinski definition) is 5. The zero-order chi connectivity index (χ0) is 8.08. The van der Waals surface area contributed by atoms with E-state index < -0.39 is 24.8 Å². The summed E-state index contributed by atoms with van der Waals surface area (Å²) in [6.45, 7) is 0. The molecule has 6 nitrogen and oxygen atoms in total. The summed E-state index contributed by atoms with van der Waals surface area (Å²) in [5.74, 6) is 0. The summed E-state index contributed by atoms with van der Waals surface area (Å²) in [6.07, 6.45) is 0. The van der Waals surface area contributed by atoms with E-state index in [0.29, 0.717) is 0 Å². The Morgan fingerprint density at radius 2 is 1.00 bits per heavy atom. The second-order valence-electron chi connectivity index (χ2n) is 0.716. The van der Waals surface area contributed by atoms with Crippen molar-refractivity contribution in [1.29, 1.82) is 0 Å². The van der Waals surface area contributed by atoms with E-state index >= 15 is 0 Å². The quantitative estimate of drug-likeness (QED) is 0.134. The summed E-state index contributed by atoms with van der Waals surface area (Å²) in [7, 11) is -3.97. The van der Waals surface area contributed by atoms with Crippen molar-refractivity contribution in [3.05, 3.63) is 0 Å². The van der Waals surface area contributed by atoms with Crippen molar-refractivity contribution in [2.45, 2.75) is 0 Å². The van der Waals surface area contributed by atoms with Crippen molar-refractivity contribution in [2.24, 2.45) is 0 Å². The molecular weight excluding hydrogens is 304 g/mol. The fraction of sp³-hybridized carbons (Fsp3) is 0. The summed E-state index contributed by atoms with van der Waals surface area (Å²) in [4.78, 5) is 0. The van der Waals surface area contributed by atoms with Crippen LogP contribution in [0.5, 0.6) is 0 Å². The summed E-state index contributed by atoms with van der Waals surface area (Å²) >= 11 is -0.537. The van der Waals surface area contributed by atoms with E-state index in [-0.39, 0.29) is 88.7 Å². The van der Waals surface area contributed by atoms with Crippen molar-refractivity contribution < 1.29 is 25.3 Å². The van der Waals surface area contributed by atoms with Gasteiger partial charge in [-0.1, -0.05) is 0 Å². The molecule has 0 heterocycles. The van der Waals surface area contributed by atoms with Crippen LogP contribution in [-0.4, -0.2) is 130 Å². The monoisotopic (exact) mass is 312 g/mol. The van der Waals surface area contributed by atoms with E-state index in [1.807, 2.05) is 0 Å². The molecule has 0 aromatic carbocycles. The molecule has 0 rings (SSSR count). The molecule has 0 aliphatic carbocycles. The molecular formula is H8AsNa3O6S2. The average molecular weight is 312 g/mol. The predicted octanol–water partition coefficient (Wildman–Crippen LogP) is -4.28. The van der Waals surface area contributed by atoms with Gasteiger partial charge in [-0.05, 0) is 11.7 Å². The third-order valence-corrected chi connectivity index (χ3v) is 0. The first-order valence-corrected chi connectivity index (χ1v) is 6.31. The third-order valence-electron chi connectivity index (χ3n) is 0. The Bertz CT molecular complexity index is 132. The molecule has 0 aliphatic heterocycles. The normalized spacial score (nSPS) is 7.83. The molecule has 64 valence electrons. The van der Waals surface area contributed by atoms with Gasteiger partial charge in [0, 0.05) is 0 Å². The van der Waals surface area contributed by atoms with Gasteiger partial charge < -0.3 is 0 Å². The van der Waals surface area contributed by atoms with E-state index in [4.69, 9.17) is 25.3 Å². The molecule has 0 spiro atoms. The number of thiol groups is 1. The first-order chi connectivity index (χ1) is 3.73. The molecule has 0 saturated carbocycles. The van der Waals surface area contributed by atoms with Crippen LogP contribution in [-0.2, 0) is 9.15 Å². The first kappa shape index (κ1) is 29.6.